The Kier molecular flexibility index (Phi) is 2.04. The molecule has 0 aliphatic carbocycles. The monoisotopic (exact) mass is 198 g/mol. The fourth-order valence-corrected chi connectivity index (χ4v) is 2.09. The van der Waals surface area contributed by atoms with Gasteiger partial charge in [0.05, 0.1) is 16.8 Å². The highest BCUT2D eigenvalue weighted by Crippen LogP contribution is 2.35. The fourth-order valence-electron chi connectivity index (χ4n) is 2.09. The molecule has 2 rings (SSSR count). The third-order valence-corrected chi connectivity index (χ3v) is 2.63. The molecule has 0 radical (unpaired) electrons. The molecule has 1 aromatic carbocycles. The average molecular weight is 198 g/mol. The van der Waals surface area contributed by atoms with Gasteiger partial charge in [-0.15, -0.1) is 0 Å². The Hall–Kier alpha value is -1.75. The lowest BCUT2D eigenvalue weighted by molar-refractivity contribution is 0.707. The van der Waals surface area contributed by atoms with Crippen LogP contribution in [-0.4, -0.2) is 5.54 Å². The van der Waals surface area contributed by atoms with E-state index in [-0.39, 0.29) is 5.54 Å². The van der Waals surface area contributed by atoms with Gasteiger partial charge >= 0.3 is 0 Å². The Morgan fingerprint density at radius 2 is 2.07 bits per heavy atom. The van der Waals surface area contributed by atoms with Gasteiger partial charge in [-0.1, -0.05) is 18.2 Å². The number of hydrogen-bond acceptors (Lipinski definition) is 2. The molecule has 0 atom stereocenters. The van der Waals surface area contributed by atoms with Gasteiger partial charge in [0, 0.05) is 5.56 Å². The molecule has 1 aliphatic heterocycles. The number of nitrogens with one attached hydrogen (secondary N) is 1. The number of allylic oxidation sites excluding steroid dienone is 1. The Morgan fingerprint density at radius 1 is 1.33 bits per heavy atom. The number of fused-ring (bicyclic) bond motifs is 1. The summed E-state index contributed by atoms with van der Waals surface area (Å²) in [4.78, 5) is 0. The molecule has 15 heavy (non-hydrogen) atoms. The van der Waals surface area contributed by atoms with Gasteiger partial charge in [0.25, 0.3) is 0 Å². The van der Waals surface area contributed by atoms with Gasteiger partial charge in [0.15, 0.2) is 0 Å². The van der Waals surface area contributed by atoms with Crippen LogP contribution in [0.5, 0.6) is 0 Å². The molecule has 0 fully saturated rings. The van der Waals surface area contributed by atoms with Gasteiger partial charge in [-0.2, -0.15) is 5.26 Å². The summed E-state index contributed by atoms with van der Waals surface area (Å²) in [6.45, 7) is 6.30. The molecule has 0 amide bonds. The van der Waals surface area contributed by atoms with Crippen LogP contribution in [0.2, 0.25) is 0 Å². The van der Waals surface area contributed by atoms with Gasteiger partial charge in [-0.25, -0.2) is 0 Å². The maximum Gasteiger partial charge on any atom is 0.101 e. The van der Waals surface area contributed by atoms with Crippen molar-refractivity contribution in [3.8, 4) is 6.07 Å². The molecule has 76 valence electrons. The third kappa shape index (κ3) is 1.61. The minimum atomic E-state index is -0.0793. The SMILES string of the molecule is CC1=CC(C)(C)Nc2c(C#N)cccc21. The Morgan fingerprint density at radius 3 is 2.73 bits per heavy atom. The maximum absolute atomic E-state index is 9.04. The summed E-state index contributed by atoms with van der Waals surface area (Å²) in [7, 11) is 0. The quantitative estimate of drug-likeness (QED) is 0.695. The van der Waals surface area contributed by atoms with Crippen LogP contribution >= 0.6 is 0 Å². The number of nitriles is 1. The summed E-state index contributed by atoms with van der Waals surface area (Å²) < 4.78 is 0. The Bertz CT molecular complexity index is 476. The van der Waals surface area contributed by atoms with Crippen LogP contribution in [0.25, 0.3) is 5.57 Å². The highest BCUT2D eigenvalue weighted by atomic mass is 15.0. The minimum Gasteiger partial charge on any atom is -0.375 e. The van der Waals surface area contributed by atoms with Crippen molar-refractivity contribution >= 4 is 11.3 Å². The molecule has 0 spiro atoms. The molecule has 0 saturated carbocycles. The lowest BCUT2D eigenvalue weighted by Crippen LogP contribution is -2.32. The molecule has 0 saturated heterocycles. The van der Waals surface area contributed by atoms with E-state index in [1.54, 1.807) is 0 Å². The van der Waals surface area contributed by atoms with Crippen LogP contribution in [0.4, 0.5) is 5.69 Å². The predicted octanol–water partition coefficient (Wildman–Crippen LogP) is 3.17. The standard InChI is InChI=1S/C13H14N2/c1-9-7-13(2,3)15-12-10(8-14)5-4-6-11(9)12/h4-7,15H,1-3H3. The van der Waals surface area contributed by atoms with Crippen molar-refractivity contribution in [1.29, 1.82) is 5.26 Å². The van der Waals surface area contributed by atoms with E-state index in [0.717, 1.165) is 11.3 Å². The van der Waals surface area contributed by atoms with Crippen LogP contribution in [0, 0.1) is 11.3 Å². The lowest BCUT2D eigenvalue weighted by atomic mass is 9.90. The van der Waals surface area contributed by atoms with Gasteiger partial charge in [0.2, 0.25) is 0 Å². The van der Waals surface area contributed by atoms with E-state index in [1.165, 1.54) is 5.57 Å². The number of anilines is 1. The average Bonchev–Trinajstić information content (AvgIpc) is 2.15. The normalized spacial score (nSPS) is 17.1. The highest BCUT2D eigenvalue weighted by molar-refractivity contribution is 5.83. The first-order chi connectivity index (χ1) is 7.03. The van der Waals surface area contributed by atoms with E-state index >= 15 is 0 Å². The second kappa shape index (κ2) is 3.13. The van der Waals surface area contributed by atoms with Crippen molar-refractivity contribution in [2.45, 2.75) is 26.3 Å². The first kappa shape index (κ1) is 9.79. The van der Waals surface area contributed by atoms with Crippen molar-refractivity contribution in [3.63, 3.8) is 0 Å². The molecule has 0 aromatic heterocycles. The summed E-state index contributed by atoms with van der Waals surface area (Å²) in [6, 6.07) is 8.04. The first-order valence-corrected chi connectivity index (χ1v) is 5.04. The molecule has 1 heterocycles. The molecule has 0 bridgehead atoms. The zero-order valence-corrected chi connectivity index (χ0v) is 9.26. The van der Waals surface area contributed by atoms with Crippen molar-refractivity contribution in [2.75, 3.05) is 5.32 Å². The van der Waals surface area contributed by atoms with Crippen molar-refractivity contribution in [3.05, 3.63) is 35.4 Å². The van der Waals surface area contributed by atoms with Gasteiger partial charge in [-0.05, 0) is 32.4 Å². The van der Waals surface area contributed by atoms with Gasteiger partial charge < -0.3 is 5.32 Å². The van der Waals surface area contributed by atoms with Crippen LogP contribution in [-0.2, 0) is 0 Å². The van der Waals surface area contributed by atoms with E-state index in [0.29, 0.717) is 5.56 Å². The van der Waals surface area contributed by atoms with Crippen molar-refractivity contribution in [2.24, 2.45) is 0 Å². The van der Waals surface area contributed by atoms with Gasteiger partial charge in [0.1, 0.15) is 6.07 Å². The summed E-state index contributed by atoms with van der Waals surface area (Å²) in [5, 5.41) is 12.4. The maximum atomic E-state index is 9.04. The predicted molar refractivity (Wildman–Crippen MR) is 62.5 cm³/mol. The number of hydrogen-bond donors (Lipinski definition) is 1. The molecule has 1 aromatic rings. The van der Waals surface area contributed by atoms with E-state index < -0.39 is 0 Å². The largest absolute Gasteiger partial charge is 0.375 e. The molecular formula is C13H14N2. The smallest absolute Gasteiger partial charge is 0.101 e. The lowest BCUT2D eigenvalue weighted by Gasteiger charge is -2.31. The summed E-state index contributed by atoms with van der Waals surface area (Å²) >= 11 is 0. The fraction of sp³-hybridized carbons (Fsp3) is 0.308. The van der Waals surface area contributed by atoms with E-state index in [1.807, 2.05) is 18.2 Å². The Balaban J connectivity index is 2.66. The van der Waals surface area contributed by atoms with Crippen molar-refractivity contribution in [1.82, 2.24) is 0 Å². The van der Waals surface area contributed by atoms with E-state index in [9.17, 15) is 0 Å². The summed E-state index contributed by atoms with van der Waals surface area (Å²) in [5.74, 6) is 0. The van der Waals surface area contributed by atoms with Crippen LogP contribution in [0.15, 0.2) is 24.3 Å². The number of benzene rings is 1. The third-order valence-electron chi connectivity index (χ3n) is 2.63. The molecule has 1 aliphatic rings. The van der Waals surface area contributed by atoms with E-state index in [2.05, 4.69) is 38.2 Å². The van der Waals surface area contributed by atoms with Crippen LogP contribution in [0.3, 0.4) is 0 Å². The van der Waals surface area contributed by atoms with Crippen molar-refractivity contribution < 1.29 is 0 Å². The van der Waals surface area contributed by atoms with E-state index in [4.69, 9.17) is 5.26 Å². The summed E-state index contributed by atoms with van der Waals surface area (Å²) in [5.41, 5.74) is 3.96. The molecule has 1 N–H and O–H groups in total. The minimum absolute atomic E-state index is 0.0793. The first-order valence-electron chi connectivity index (χ1n) is 5.04. The number of nitrogens with zero attached hydrogens (tertiary/aromatic N) is 1. The van der Waals surface area contributed by atoms with Gasteiger partial charge in [-0.3, -0.25) is 0 Å². The molecular weight excluding hydrogens is 184 g/mol. The summed E-state index contributed by atoms with van der Waals surface area (Å²) in [6.07, 6.45) is 2.19. The number of para-hydroxylation sites is 1. The second-order valence-electron chi connectivity index (χ2n) is 4.51. The number of rotatable bonds is 0. The second-order valence-corrected chi connectivity index (χ2v) is 4.51. The highest BCUT2D eigenvalue weighted by Gasteiger charge is 2.23. The zero-order valence-electron chi connectivity index (χ0n) is 9.26. The molecule has 2 nitrogen and oxygen atoms in total. The van der Waals surface area contributed by atoms with Crippen LogP contribution in [0.1, 0.15) is 31.9 Å². The zero-order chi connectivity index (χ0) is 11.1. The Labute approximate surface area is 90.2 Å². The topological polar surface area (TPSA) is 35.8 Å². The molecule has 0 unspecified atom stereocenters. The molecule has 2 heteroatoms. The van der Waals surface area contributed by atoms with Crippen LogP contribution < -0.4 is 5.32 Å².